The average Bonchev–Trinajstić information content (AvgIpc) is 2.61. The molecule has 26 heavy (non-hydrogen) atoms. The fraction of sp³-hybridized carbons (Fsp3) is 0.222. The monoisotopic (exact) mass is 366 g/mol. The summed E-state index contributed by atoms with van der Waals surface area (Å²) in [5, 5.41) is 4.41. The Bertz CT molecular complexity index is 774. The van der Waals surface area contributed by atoms with Crippen molar-refractivity contribution in [2.24, 2.45) is 0 Å². The average molecular weight is 366 g/mol. The van der Waals surface area contributed by atoms with Crippen LogP contribution in [0.1, 0.15) is 22.8 Å². The highest BCUT2D eigenvalue weighted by Gasteiger charge is 2.38. The first-order valence-electron chi connectivity index (χ1n) is 7.78. The number of amides is 2. The summed E-state index contributed by atoms with van der Waals surface area (Å²) in [6.07, 6.45) is -4.99. The molecule has 0 aromatic heterocycles. The van der Waals surface area contributed by atoms with Gasteiger partial charge in [-0.05, 0) is 42.8 Å². The molecule has 2 aromatic rings. The number of nitrogens with one attached hydrogen (secondary N) is 2. The highest BCUT2D eigenvalue weighted by atomic mass is 19.4. The van der Waals surface area contributed by atoms with Gasteiger partial charge in [0.1, 0.15) is 5.75 Å². The van der Waals surface area contributed by atoms with Crippen molar-refractivity contribution in [2.45, 2.75) is 19.6 Å². The Labute approximate surface area is 148 Å². The van der Waals surface area contributed by atoms with E-state index in [1.54, 1.807) is 35.6 Å². The summed E-state index contributed by atoms with van der Waals surface area (Å²) in [6, 6.07) is 12.4. The van der Waals surface area contributed by atoms with Crippen LogP contribution in [0.4, 0.5) is 18.9 Å². The van der Waals surface area contributed by atoms with E-state index in [0.717, 1.165) is 0 Å². The minimum absolute atomic E-state index is 0.0122. The van der Waals surface area contributed by atoms with Gasteiger partial charge in [0.05, 0.1) is 6.61 Å². The molecule has 0 aliphatic heterocycles. The van der Waals surface area contributed by atoms with E-state index in [9.17, 15) is 22.8 Å². The van der Waals surface area contributed by atoms with Crippen LogP contribution in [0.5, 0.6) is 5.75 Å². The van der Waals surface area contributed by atoms with Gasteiger partial charge in [-0.1, -0.05) is 18.2 Å². The summed E-state index contributed by atoms with van der Waals surface area (Å²) in [7, 11) is 0. The van der Waals surface area contributed by atoms with Gasteiger partial charge >= 0.3 is 12.1 Å². The number of anilines is 1. The summed E-state index contributed by atoms with van der Waals surface area (Å²) in [5.74, 6) is -1.84. The molecule has 0 unspecified atom stereocenters. The molecule has 0 atom stereocenters. The maximum Gasteiger partial charge on any atom is 0.471 e. The van der Waals surface area contributed by atoms with Crippen LogP contribution in [-0.4, -0.2) is 24.6 Å². The molecule has 0 heterocycles. The lowest BCUT2D eigenvalue weighted by molar-refractivity contribution is -0.167. The third-order valence-electron chi connectivity index (χ3n) is 3.39. The van der Waals surface area contributed by atoms with E-state index in [0.29, 0.717) is 23.5 Å². The second-order valence-electron chi connectivity index (χ2n) is 5.25. The van der Waals surface area contributed by atoms with Crippen LogP contribution in [-0.2, 0) is 11.3 Å². The predicted octanol–water partition coefficient (Wildman–Crippen LogP) is 3.52. The Morgan fingerprint density at radius 2 is 1.69 bits per heavy atom. The number of hydrogen-bond donors (Lipinski definition) is 2. The fourth-order valence-electron chi connectivity index (χ4n) is 2.14. The van der Waals surface area contributed by atoms with Gasteiger partial charge in [0, 0.05) is 17.8 Å². The molecule has 0 radical (unpaired) electrons. The van der Waals surface area contributed by atoms with Gasteiger partial charge < -0.3 is 15.4 Å². The summed E-state index contributed by atoms with van der Waals surface area (Å²) < 4.78 is 42.5. The first kappa shape index (κ1) is 19.3. The molecule has 0 saturated heterocycles. The molecule has 138 valence electrons. The van der Waals surface area contributed by atoms with E-state index in [1.165, 1.54) is 18.2 Å². The predicted molar refractivity (Wildman–Crippen MR) is 89.9 cm³/mol. The molecular weight excluding hydrogens is 349 g/mol. The van der Waals surface area contributed by atoms with E-state index < -0.39 is 18.0 Å². The van der Waals surface area contributed by atoms with Crippen molar-refractivity contribution < 1.29 is 27.5 Å². The lowest BCUT2D eigenvalue weighted by Gasteiger charge is -2.13. The van der Waals surface area contributed by atoms with Crippen molar-refractivity contribution in [2.75, 3.05) is 11.9 Å². The third kappa shape index (κ3) is 5.23. The number of carbonyl (C=O) groups excluding carboxylic acids is 2. The molecule has 0 fully saturated rings. The van der Waals surface area contributed by atoms with Crippen molar-refractivity contribution in [1.29, 1.82) is 0 Å². The SMILES string of the molecule is CCOc1ccc(C(=O)NCc2ccccc2NC(=O)C(F)(F)F)cc1. The Hall–Kier alpha value is -3.03. The van der Waals surface area contributed by atoms with Gasteiger partial charge in [0.25, 0.3) is 5.91 Å². The Morgan fingerprint density at radius 3 is 2.31 bits per heavy atom. The molecular formula is C18H17F3N2O3. The quantitative estimate of drug-likeness (QED) is 0.822. The van der Waals surface area contributed by atoms with Gasteiger partial charge in [0.15, 0.2) is 0 Å². The summed E-state index contributed by atoms with van der Waals surface area (Å²) in [6.45, 7) is 2.31. The van der Waals surface area contributed by atoms with E-state index in [1.807, 2.05) is 6.92 Å². The van der Waals surface area contributed by atoms with Crippen molar-refractivity contribution in [3.8, 4) is 5.75 Å². The number of hydrogen-bond acceptors (Lipinski definition) is 3. The van der Waals surface area contributed by atoms with Crippen LogP contribution in [0.2, 0.25) is 0 Å². The van der Waals surface area contributed by atoms with Crippen molar-refractivity contribution in [3.05, 3.63) is 59.7 Å². The first-order chi connectivity index (χ1) is 12.3. The largest absolute Gasteiger partial charge is 0.494 e. The van der Waals surface area contributed by atoms with E-state index in [4.69, 9.17) is 4.74 Å². The van der Waals surface area contributed by atoms with Crippen molar-refractivity contribution in [1.82, 2.24) is 5.32 Å². The van der Waals surface area contributed by atoms with Gasteiger partial charge in [-0.3, -0.25) is 9.59 Å². The number of alkyl halides is 3. The first-order valence-corrected chi connectivity index (χ1v) is 7.78. The normalized spacial score (nSPS) is 10.9. The van der Waals surface area contributed by atoms with E-state index >= 15 is 0 Å². The van der Waals surface area contributed by atoms with Gasteiger partial charge in [0.2, 0.25) is 0 Å². The highest BCUT2D eigenvalue weighted by molar-refractivity contribution is 5.96. The second kappa shape index (κ2) is 8.37. The smallest absolute Gasteiger partial charge is 0.471 e. The zero-order valence-electron chi connectivity index (χ0n) is 13.9. The highest BCUT2D eigenvalue weighted by Crippen LogP contribution is 2.21. The molecule has 0 aliphatic carbocycles. The van der Waals surface area contributed by atoms with E-state index in [-0.39, 0.29) is 12.2 Å². The second-order valence-corrected chi connectivity index (χ2v) is 5.25. The minimum atomic E-state index is -4.99. The maximum atomic E-state index is 12.4. The zero-order valence-corrected chi connectivity index (χ0v) is 13.9. The van der Waals surface area contributed by atoms with Gasteiger partial charge in [-0.25, -0.2) is 0 Å². The van der Waals surface area contributed by atoms with Crippen LogP contribution in [0.15, 0.2) is 48.5 Å². The molecule has 0 bridgehead atoms. The van der Waals surface area contributed by atoms with E-state index in [2.05, 4.69) is 5.32 Å². The lowest BCUT2D eigenvalue weighted by Crippen LogP contribution is -2.31. The zero-order chi connectivity index (χ0) is 19.2. The molecule has 0 aliphatic rings. The van der Waals surface area contributed by atoms with Crippen molar-refractivity contribution >= 4 is 17.5 Å². The number of rotatable bonds is 6. The molecule has 8 heteroatoms. The number of para-hydroxylation sites is 1. The molecule has 0 spiro atoms. The molecule has 2 aromatic carbocycles. The summed E-state index contributed by atoms with van der Waals surface area (Å²) >= 11 is 0. The fourth-order valence-corrected chi connectivity index (χ4v) is 2.14. The Kier molecular flexibility index (Phi) is 6.21. The summed E-state index contributed by atoms with van der Waals surface area (Å²) in [5.41, 5.74) is 0.719. The Balaban J connectivity index is 2.03. The topological polar surface area (TPSA) is 67.4 Å². The van der Waals surface area contributed by atoms with Crippen LogP contribution in [0.25, 0.3) is 0 Å². The maximum absolute atomic E-state index is 12.4. The molecule has 5 nitrogen and oxygen atoms in total. The number of benzene rings is 2. The van der Waals surface area contributed by atoms with Crippen LogP contribution >= 0.6 is 0 Å². The lowest BCUT2D eigenvalue weighted by atomic mass is 10.1. The molecule has 2 N–H and O–H groups in total. The van der Waals surface area contributed by atoms with Gasteiger partial charge in [-0.15, -0.1) is 0 Å². The molecule has 0 saturated carbocycles. The van der Waals surface area contributed by atoms with Gasteiger partial charge in [-0.2, -0.15) is 13.2 Å². The number of carbonyl (C=O) groups is 2. The number of halogens is 3. The van der Waals surface area contributed by atoms with Crippen LogP contribution < -0.4 is 15.4 Å². The molecule has 2 rings (SSSR count). The minimum Gasteiger partial charge on any atom is -0.494 e. The van der Waals surface area contributed by atoms with Crippen molar-refractivity contribution in [3.63, 3.8) is 0 Å². The van der Waals surface area contributed by atoms with Crippen LogP contribution in [0, 0.1) is 0 Å². The van der Waals surface area contributed by atoms with Crippen LogP contribution in [0.3, 0.4) is 0 Å². The summed E-state index contributed by atoms with van der Waals surface area (Å²) in [4.78, 5) is 23.3. The number of ether oxygens (including phenoxy) is 1. The third-order valence-corrected chi connectivity index (χ3v) is 3.39. The Morgan fingerprint density at radius 1 is 1.04 bits per heavy atom. The molecule has 2 amide bonds. The standard InChI is InChI=1S/C18H17F3N2O3/c1-2-26-14-9-7-12(8-10-14)16(24)22-11-13-5-3-4-6-15(13)23-17(25)18(19,20)21/h3-10H,2,11H2,1H3,(H,22,24)(H,23,25).